The summed E-state index contributed by atoms with van der Waals surface area (Å²) in [5.41, 5.74) is 2.12. The van der Waals surface area contributed by atoms with Gasteiger partial charge in [-0.3, -0.25) is 0 Å². The van der Waals surface area contributed by atoms with Crippen LogP contribution in [0.2, 0.25) is 0 Å². The first-order valence-corrected chi connectivity index (χ1v) is 14.7. The van der Waals surface area contributed by atoms with Crippen LogP contribution in [-0.4, -0.2) is 81.9 Å². The van der Waals surface area contributed by atoms with Crippen molar-refractivity contribution in [2.75, 3.05) is 6.61 Å². The third-order valence-electron chi connectivity index (χ3n) is 5.65. The van der Waals surface area contributed by atoms with E-state index in [4.69, 9.17) is 23.7 Å². The van der Waals surface area contributed by atoms with Gasteiger partial charge in [-0.2, -0.15) is 0 Å². The van der Waals surface area contributed by atoms with Gasteiger partial charge in [0.25, 0.3) is 0 Å². The molecule has 0 aromatic heterocycles. The molecule has 1 fully saturated rings. The minimum absolute atomic E-state index is 0.266. The Balaban J connectivity index is 2.12. The number of esters is 4. The zero-order valence-electron chi connectivity index (χ0n) is 22.4. The van der Waals surface area contributed by atoms with Gasteiger partial charge in [0.15, 0.2) is 0 Å². The SMILES string of the molecule is CC(=O)OC[C@H]1O[C@H](/C=C(/[Te]c2ccc(C)cc2)c2ccccc2)[C@H](OC(C)=O)[C@@H](OC(C)=O)[C@@H]1OC(C)=O. The van der Waals surface area contributed by atoms with E-state index < -0.39 is 75.3 Å². The summed E-state index contributed by atoms with van der Waals surface area (Å²) in [5.74, 6) is -2.52. The van der Waals surface area contributed by atoms with Crippen molar-refractivity contribution in [3.8, 4) is 0 Å². The molecule has 9 nitrogen and oxygen atoms in total. The molecule has 0 radical (unpaired) electrons. The molecule has 1 aliphatic rings. The molecular weight excluding hydrogens is 620 g/mol. The molecule has 0 bridgehead atoms. The van der Waals surface area contributed by atoms with Crippen molar-refractivity contribution in [1.82, 2.24) is 0 Å². The second-order valence-electron chi connectivity index (χ2n) is 8.98. The molecule has 208 valence electrons. The predicted octanol–water partition coefficient (Wildman–Crippen LogP) is 2.49. The molecule has 0 aliphatic carbocycles. The molecule has 0 saturated carbocycles. The monoisotopic (exact) mass is 654 g/mol. The number of hydrogen-bond donors (Lipinski definition) is 0. The third kappa shape index (κ3) is 9.20. The number of carbonyl (C=O) groups is 4. The van der Waals surface area contributed by atoms with Crippen molar-refractivity contribution in [2.45, 2.75) is 65.1 Å². The topological polar surface area (TPSA) is 114 Å². The van der Waals surface area contributed by atoms with Gasteiger partial charge in [-0.25, -0.2) is 0 Å². The Kier molecular flexibility index (Phi) is 11.1. The molecule has 2 aromatic rings. The summed E-state index contributed by atoms with van der Waals surface area (Å²) in [7, 11) is 0. The molecular formula is C29H32O9Te. The first-order valence-electron chi connectivity index (χ1n) is 12.4. The Bertz CT molecular complexity index is 1190. The van der Waals surface area contributed by atoms with Gasteiger partial charge < -0.3 is 0 Å². The molecule has 2 aromatic carbocycles. The van der Waals surface area contributed by atoms with Gasteiger partial charge in [0.1, 0.15) is 0 Å². The maximum absolute atomic E-state index is 12.2. The Morgan fingerprint density at radius 3 is 1.90 bits per heavy atom. The van der Waals surface area contributed by atoms with Gasteiger partial charge in [0, 0.05) is 0 Å². The van der Waals surface area contributed by atoms with Crippen molar-refractivity contribution in [3.63, 3.8) is 0 Å². The molecule has 0 amide bonds. The summed E-state index contributed by atoms with van der Waals surface area (Å²) in [5, 5.41) is 0. The van der Waals surface area contributed by atoms with E-state index in [2.05, 4.69) is 24.3 Å². The second-order valence-corrected chi connectivity index (χ2v) is 12.2. The van der Waals surface area contributed by atoms with Crippen LogP contribution >= 0.6 is 0 Å². The number of carbonyl (C=O) groups excluding carboxylic acids is 4. The fourth-order valence-electron chi connectivity index (χ4n) is 4.07. The Labute approximate surface area is 237 Å². The van der Waals surface area contributed by atoms with Gasteiger partial charge in [-0.15, -0.1) is 0 Å². The van der Waals surface area contributed by atoms with Crippen LogP contribution in [0, 0.1) is 6.92 Å². The van der Waals surface area contributed by atoms with Crippen LogP contribution in [0.25, 0.3) is 3.62 Å². The fourth-order valence-corrected chi connectivity index (χ4v) is 6.87. The quantitative estimate of drug-likeness (QED) is 0.229. The summed E-state index contributed by atoms with van der Waals surface area (Å²) >= 11 is -0.954. The van der Waals surface area contributed by atoms with Crippen molar-refractivity contribution >= 4 is 52.0 Å². The third-order valence-corrected chi connectivity index (χ3v) is 8.79. The molecule has 39 heavy (non-hydrogen) atoms. The first-order chi connectivity index (χ1) is 18.5. The van der Waals surface area contributed by atoms with Crippen molar-refractivity contribution < 1.29 is 42.9 Å². The van der Waals surface area contributed by atoms with Crippen molar-refractivity contribution in [1.29, 1.82) is 0 Å². The molecule has 0 N–H and O–H groups in total. The van der Waals surface area contributed by atoms with E-state index in [9.17, 15) is 19.2 Å². The molecule has 3 rings (SSSR count). The average Bonchev–Trinajstić information content (AvgIpc) is 2.87. The number of aryl methyl sites for hydroxylation is 1. The van der Waals surface area contributed by atoms with Crippen LogP contribution < -0.4 is 3.61 Å². The van der Waals surface area contributed by atoms with Crippen LogP contribution in [0.3, 0.4) is 0 Å². The summed E-state index contributed by atoms with van der Waals surface area (Å²) in [4.78, 5) is 47.9. The van der Waals surface area contributed by atoms with Gasteiger partial charge in [0.2, 0.25) is 0 Å². The summed E-state index contributed by atoms with van der Waals surface area (Å²) < 4.78 is 30.3. The number of benzene rings is 2. The average molecular weight is 652 g/mol. The fraction of sp³-hybridized carbons (Fsp3) is 0.379. The maximum atomic E-state index is 12.2. The molecule has 0 unspecified atom stereocenters. The number of hydrogen-bond acceptors (Lipinski definition) is 9. The van der Waals surface area contributed by atoms with E-state index in [1.165, 1.54) is 31.3 Å². The molecule has 1 aliphatic heterocycles. The molecule has 1 heterocycles. The number of rotatable bonds is 9. The van der Waals surface area contributed by atoms with Gasteiger partial charge in [-0.1, -0.05) is 0 Å². The summed E-state index contributed by atoms with van der Waals surface area (Å²) in [6.45, 7) is 6.63. The zero-order chi connectivity index (χ0) is 28.5. The zero-order valence-corrected chi connectivity index (χ0v) is 24.8. The van der Waals surface area contributed by atoms with E-state index in [0.29, 0.717) is 0 Å². The normalized spacial score (nSPS) is 22.9. The van der Waals surface area contributed by atoms with E-state index in [1.54, 1.807) is 0 Å². The van der Waals surface area contributed by atoms with Crippen molar-refractivity contribution in [3.05, 3.63) is 71.8 Å². The summed E-state index contributed by atoms with van der Waals surface area (Å²) in [6, 6.07) is 18.0. The predicted molar refractivity (Wildman–Crippen MR) is 143 cm³/mol. The van der Waals surface area contributed by atoms with Crippen LogP contribution in [0.5, 0.6) is 0 Å². The van der Waals surface area contributed by atoms with E-state index in [1.807, 2.05) is 43.3 Å². The molecule has 10 heteroatoms. The first kappa shape index (κ1) is 30.4. The van der Waals surface area contributed by atoms with Crippen LogP contribution in [-0.2, 0) is 42.9 Å². The Hall–Kier alpha value is -3.19. The van der Waals surface area contributed by atoms with Crippen LogP contribution in [0.1, 0.15) is 38.8 Å². The summed E-state index contributed by atoms with van der Waals surface area (Å²) in [6.07, 6.45) is -3.56. The number of ether oxygens (including phenoxy) is 5. The molecule has 0 spiro atoms. The van der Waals surface area contributed by atoms with E-state index >= 15 is 0 Å². The van der Waals surface area contributed by atoms with Crippen molar-refractivity contribution in [2.24, 2.45) is 0 Å². The van der Waals surface area contributed by atoms with Gasteiger partial charge in [-0.05, 0) is 0 Å². The van der Waals surface area contributed by atoms with Crippen LogP contribution in [0.15, 0.2) is 60.7 Å². The minimum atomic E-state index is -1.21. The molecule has 1 saturated heterocycles. The Morgan fingerprint density at radius 1 is 0.769 bits per heavy atom. The Morgan fingerprint density at radius 2 is 1.33 bits per heavy atom. The van der Waals surface area contributed by atoms with E-state index in [0.717, 1.165) is 14.7 Å². The van der Waals surface area contributed by atoms with Gasteiger partial charge in [0.05, 0.1) is 0 Å². The standard InChI is InChI=1S/C29H32O9Te/c1-17-11-13-23(14-12-17)39-26(22-9-7-6-8-10-22)15-24-27(35-19(3)31)29(37-21(5)33)28(36-20(4)32)25(38-24)16-34-18(2)30/h6-15,24-25,27-29H,16H2,1-5H3/b26-15+/t24-,25-,27+,28-,29-/m1/s1. The second kappa shape index (κ2) is 14.3. The van der Waals surface area contributed by atoms with E-state index in [-0.39, 0.29) is 6.61 Å². The van der Waals surface area contributed by atoms with Crippen LogP contribution in [0.4, 0.5) is 0 Å². The molecule has 5 atom stereocenters. The van der Waals surface area contributed by atoms with Gasteiger partial charge >= 0.3 is 238 Å².